The Hall–Kier alpha value is -2.43. The van der Waals surface area contributed by atoms with Gasteiger partial charge >= 0.3 is 0 Å². The van der Waals surface area contributed by atoms with E-state index in [2.05, 4.69) is 25.7 Å². The maximum Gasteiger partial charge on any atom is 0.251 e. The molecule has 2 aromatic rings. The van der Waals surface area contributed by atoms with E-state index in [0.29, 0.717) is 42.7 Å². The smallest absolute Gasteiger partial charge is 0.251 e. The zero-order valence-corrected chi connectivity index (χ0v) is 19.1. The van der Waals surface area contributed by atoms with E-state index in [1.807, 2.05) is 38.9 Å². The molecule has 2 aromatic heterocycles. The van der Waals surface area contributed by atoms with E-state index in [4.69, 9.17) is 0 Å². The summed E-state index contributed by atoms with van der Waals surface area (Å²) in [5.41, 5.74) is 2.24. The lowest BCUT2D eigenvalue weighted by atomic mass is 9.99. The minimum Gasteiger partial charge on any atom is -0.350 e. The van der Waals surface area contributed by atoms with Crippen LogP contribution >= 0.6 is 13.5 Å². The number of halogens is 2. The number of nitrogens with zero attached hydrogens (tertiary/aromatic N) is 5. The SMILES string of the molecule is Cc1nc(NCc2cnn(CCC3CC3(F)F)c2)nc2c1NC(=O)[C@H](C(C)C)N2C.S. The fraction of sp³-hybridized carbons (Fsp3) is 0.600. The van der Waals surface area contributed by atoms with Crippen LogP contribution < -0.4 is 15.5 Å². The maximum absolute atomic E-state index is 13.0. The van der Waals surface area contributed by atoms with Gasteiger partial charge in [0.25, 0.3) is 5.92 Å². The summed E-state index contributed by atoms with van der Waals surface area (Å²) in [5, 5.41) is 10.4. The van der Waals surface area contributed by atoms with Crippen molar-refractivity contribution in [3.63, 3.8) is 0 Å². The monoisotopic (exact) mass is 453 g/mol. The van der Waals surface area contributed by atoms with Gasteiger partial charge in [-0.2, -0.15) is 23.6 Å². The zero-order valence-electron chi connectivity index (χ0n) is 18.1. The highest BCUT2D eigenvalue weighted by molar-refractivity contribution is 7.59. The maximum atomic E-state index is 13.0. The number of carbonyl (C=O) groups excluding carboxylic acids is 1. The molecule has 1 saturated carbocycles. The molecule has 2 atom stereocenters. The average molecular weight is 454 g/mol. The van der Waals surface area contributed by atoms with Crippen LogP contribution in [-0.2, 0) is 17.9 Å². The number of nitrogens with one attached hydrogen (secondary N) is 2. The van der Waals surface area contributed by atoms with Crippen LogP contribution in [0.4, 0.5) is 26.2 Å². The summed E-state index contributed by atoms with van der Waals surface area (Å²) in [7, 11) is 1.87. The molecule has 11 heteroatoms. The third kappa shape index (κ3) is 4.76. The Morgan fingerprint density at radius 3 is 2.71 bits per heavy atom. The molecular weight excluding hydrogens is 424 g/mol. The largest absolute Gasteiger partial charge is 0.350 e. The van der Waals surface area contributed by atoms with Crippen LogP contribution in [0.25, 0.3) is 0 Å². The summed E-state index contributed by atoms with van der Waals surface area (Å²) in [6, 6.07) is -0.295. The summed E-state index contributed by atoms with van der Waals surface area (Å²) < 4.78 is 27.7. The van der Waals surface area contributed by atoms with Crippen molar-refractivity contribution in [1.82, 2.24) is 19.7 Å². The molecule has 8 nitrogen and oxygen atoms in total. The first kappa shape index (κ1) is 23.2. The number of fused-ring (bicyclic) bond motifs is 1. The van der Waals surface area contributed by atoms with Crippen molar-refractivity contribution in [3.05, 3.63) is 23.7 Å². The second kappa shape index (κ2) is 8.60. The number of aryl methyl sites for hydroxylation is 2. The molecule has 0 spiro atoms. The number of alkyl halides is 2. The van der Waals surface area contributed by atoms with E-state index < -0.39 is 11.8 Å². The Morgan fingerprint density at radius 1 is 1.35 bits per heavy atom. The van der Waals surface area contributed by atoms with Crippen LogP contribution in [0.5, 0.6) is 0 Å². The Balaban J connectivity index is 0.00000272. The van der Waals surface area contributed by atoms with Crippen LogP contribution in [-0.4, -0.2) is 44.7 Å². The Bertz CT molecular complexity index is 965. The molecule has 0 radical (unpaired) electrons. The van der Waals surface area contributed by atoms with Crippen LogP contribution in [0.2, 0.25) is 0 Å². The van der Waals surface area contributed by atoms with Crippen molar-refractivity contribution in [2.45, 2.75) is 58.7 Å². The van der Waals surface area contributed by atoms with Gasteiger partial charge in [0.05, 0.1) is 11.9 Å². The standard InChI is InChI=1S/C20H27F2N7O.H2S/c1-11(2)16-18(30)26-15-12(3)25-19(27-17(15)28(16)4)23-8-13-9-24-29(10-13)6-5-14-7-20(14,21)22;/h9-11,14,16H,5-8H2,1-4H3,(H,26,30)(H,23,25,27);1H2/t14?,16-;/m0./s1. The van der Waals surface area contributed by atoms with E-state index in [1.54, 1.807) is 10.9 Å². The van der Waals surface area contributed by atoms with Crippen LogP contribution in [0.3, 0.4) is 0 Å². The fourth-order valence-electron chi connectivity index (χ4n) is 3.97. The molecule has 0 saturated heterocycles. The van der Waals surface area contributed by atoms with E-state index in [1.165, 1.54) is 0 Å². The molecular formula is C20H29F2N7OS. The van der Waals surface area contributed by atoms with Crippen LogP contribution in [0.15, 0.2) is 12.4 Å². The van der Waals surface area contributed by atoms with Gasteiger partial charge in [-0.05, 0) is 19.3 Å². The molecule has 1 unspecified atom stereocenters. The fourth-order valence-corrected chi connectivity index (χ4v) is 3.97. The lowest BCUT2D eigenvalue weighted by Gasteiger charge is -2.36. The first-order valence-electron chi connectivity index (χ1n) is 10.2. The Labute approximate surface area is 187 Å². The summed E-state index contributed by atoms with van der Waals surface area (Å²) in [6.07, 6.45) is 3.98. The Kier molecular flexibility index (Phi) is 6.45. The molecule has 0 bridgehead atoms. The molecule has 3 heterocycles. The van der Waals surface area contributed by atoms with Gasteiger partial charge in [0.2, 0.25) is 11.9 Å². The van der Waals surface area contributed by atoms with Crippen molar-refractivity contribution in [2.75, 3.05) is 22.6 Å². The van der Waals surface area contributed by atoms with Gasteiger partial charge in [-0.15, -0.1) is 0 Å². The second-order valence-corrected chi connectivity index (χ2v) is 8.54. The van der Waals surface area contributed by atoms with Crippen molar-refractivity contribution in [2.24, 2.45) is 11.8 Å². The molecule has 0 aromatic carbocycles. The number of likely N-dealkylation sites (N-methyl/N-ethyl adjacent to an activating group) is 1. The molecule has 31 heavy (non-hydrogen) atoms. The summed E-state index contributed by atoms with van der Waals surface area (Å²) in [5.74, 6) is -1.77. The third-order valence-electron chi connectivity index (χ3n) is 5.77. The van der Waals surface area contributed by atoms with Gasteiger partial charge in [0.1, 0.15) is 11.7 Å². The molecule has 4 rings (SSSR count). The minimum atomic E-state index is -2.49. The quantitative estimate of drug-likeness (QED) is 0.670. The van der Waals surface area contributed by atoms with Gasteiger partial charge in [-0.3, -0.25) is 9.48 Å². The molecule has 2 N–H and O–H groups in total. The van der Waals surface area contributed by atoms with Crippen LogP contribution in [0, 0.1) is 18.8 Å². The van der Waals surface area contributed by atoms with Gasteiger partial charge in [0, 0.05) is 44.2 Å². The predicted molar refractivity (Wildman–Crippen MR) is 120 cm³/mol. The topological polar surface area (TPSA) is 88.0 Å². The van der Waals surface area contributed by atoms with E-state index in [9.17, 15) is 13.6 Å². The van der Waals surface area contributed by atoms with Gasteiger partial charge in [-0.1, -0.05) is 13.8 Å². The number of aromatic nitrogens is 4. The number of anilines is 3. The van der Waals surface area contributed by atoms with Gasteiger partial charge in [-0.25, -0.2) is 13.8 Å². The second-order valence-electron chi connectivity index (χ2n) is 8.54. The summed E-state index contributed by atoms with van der Waals surface area (Å²) in [6.45, 7) is 6.78. The molecule has 1 amide bonds. The molecule has 1 fully saturated rings. The lowest BCUT2D eigenvalue weighted by Crippen LogP contribution is -2.49. The number of carbonyl (C=O) groups is 1. The van der Waals surface area contributed by atoms with E-state index >= 15 is 0 Å². The van der Waals surface area contributed by atoms with Crippen molar-refractivity contribution >= 4 is 36.9 Å². The number of hydrogen-bond donors (Lipinski definition) is 2. The lowest BCUT2D eigenvalue weighted by molar-refractivity contribution is -0.118. The summed E-state index contributed by atoms with van der Waals surface area (Å²) >= 11 is 0. The van der Waals surface area contributed by atoms with E-state index in [-0.39, 0.29) is 37.8 Å². The molecule has 170 valence electrons. The molecule has 2 aliphatic rings. The number of rotatable bonds is 7. The van der Waals surface area contributed by atoms with Gasteiger partial charge < -0.3 is 15.5 Å². The first-order chi connectivity index (χ1) is 14.2. The highest BCUT2D eigenvalue weighted by Gasteiger charge is 2.56. The minimum absolute atomic E-state index is 0. The van der Waals surface area contributed by atoms with Crippen molar-refractivity contribution in [1.29, 1.82) is 0 Å². The molecule has 1 aliphatic carbocycles. The average Bonchev–Trinajstić information content (AvgIpc) is 3.06. The van der Waals surface area contributed by atoms with Crippen molar-refractivity contribution < 1.29 is 13.6 Å². The highest BCUT2D eigenvalue weighted by Crippen LogP contribution is 2.50. The normalized spacial score (nSPS) is 21.4. The Morgan fingerprint density at radius 2 is 2.06 bits per heavy atom. The van der Waals surface area contributed by atoms with Crippen molar-refractivity contribution in [3.8, 4) is 0 Å². The van der Waals surface area contributed by atoms with Gasteiger partial charge in [0.15, 0.2) is 5.82 Å². The first-order valence-corrected chi connectivity index (χ1v) is 10.2. The number of amides is 1. The third-order valence-corrected chi connectivity index (χ3v) is 5.77. The number of hydrogen-bond acceptors (Lipinski definition) is 6. The highest BCUT2D eigenvalue weighted by atomic mass is 32.1. The molecule has 1 aliphatic heterocycles. The summed E-state index contributed by atoms with van der Waals surface area (Å²) in [4.78, 5) is 23.4. The van der Waals surface area contributed by atoms with E-state index in [0.717, 1.165) is 5.56 Å². The predicted octanol–water partition coefficient (Wildman–Crippen LogP) is 3.16. The van der Waals surface area contributed by atoms with Crippen LogP contribution in [0.1, 0.15) is 37.9 Å². The zero-order chi connectivity index (χ0) is 21.6.